The number of nitrogens with one attached hydrogen (secondary N) is 2. The van der Waals surface area contributed by atoms with Gasteiger partial charge in [0.25, 0.3) is 0 Å². The average Bonchev–Trinajstić information content (AvgIpc) is 3.43. The molecule has 3 fully saturated rings. The number of halogens is 1. The predicted molar refractivity (Wildman–Crippen MR) is 129 cm³/mol. The normalized spacial score (nSPS) is 24.4. The van der Waals surface area contributed by atoms with Crippen molar-refractivity contribution >= 4 is 33.7 Å². The van der Waals surface area contributed by atoms with Gasteiger partial charge >= 0.3 is 5.97 Å². The van der Waals surface area contributed by atoms with Crippen LogP contribution in [0.3, 0.4) is 0 Å². The number of carbonyl (C=O) groups is 1. The Bertz CT molecular complexity index is 1400. The largest absolute Gasteiger partial charge is 0.481 e. The van der Waals surface area contributed by atoms with Crippen molar-refractivity contribution in [3.63, 3.8) is 0 Å². The van der Waals surface area contributed by atoms with Gasteiger partial charge in [0.05, 0.1) is 23.3 Å². The Hall–Kier alpha value is -3.42. The van der Waals surface area contributed by atoms with Gasteiger partial charge in [-0.3, -0.25) is 4.79 Å². The van der Waals surface area contributed by atoms with E-state index in [1.54, 1.807) is 6.20 Å². The minimum atomic E-state index is -0.725. The molecule has 3 saturated carbocycles. The second-order valence-electron chi connectivity index (χ2n) is 10.1. The lowest BCUT2D eigenvalue weighted by Gasteiger charge is -2.47. The third kappa shape index (κ3) is 3.27. The fraction of sp³-hybridized carbons (Fsp3) is 0.423. The molecule has 2 atom stereocenters. The number of anilines is 1. The summed E-state index contributed by atoms with van der Waals surface area (Å²) in [4.78, 5) is 24.5. The molecule has 2 bridgehead atoms. The van der Waals surface area contributed by atoms with Crippen LogP contribution in [0.25, 0.3) is 33.2 Å². The second-order valence-corrected chi connectivity index (χ2v) is 10.1. The molecule has 7 rings (SSSR count). The van der Waals surface area contributed by atoms with Crippen LogP contribution in [0.15, 0.2) is 36.8 Å². The molecule has 0 aromatic carbocycles. The summed E-state index contributed by atoms with van der Waals surface area (Å²) in [5.74, 6) is -0.314. The Kier molecular flexibility index (Phi) is 4.86. The highest BCUT2D eigenvalue weighted by Crippen LogP contribution is 2.47. The van der Waals surface area contributed by atoms with Gasteiger partial charge in [0.15, 0.2) is 0 Å². The van der Waals surface area contributed by atoms with E-state index in [4.69, 9.17) is 4.98 Å². The molecule has 0 unspecified atom stereocenters. The minimum absolute atomic E-state index is 0.152. The molecule has 34 heavy (non-hydrogen) atoms. The first-order valence-electron chi connectivity index (χ1n) is 12.0. The number of hydrogen-bond donors (Lipinski definition) is 3. The van der Waals surface area contributed by atoms with E-state index in [2.05, 4.69) is 33.7 Å². The first-order chi connectivity index (χ1) is 16.4. The summed E-state index contributed by atoms with van der Waals surface area (Å²) in [6, 6.07) is 5.62. The SMILES string of the molecule is CC(C)n1ccc2c(N[C@@H]3C4CCC(CC4)[C@H]3C(=O)O)nc(-c3c[nH]c4ncc(F)cc34)cc21. The number of hydrogen-bond acceptors (Lipinski definition) is 4. The summed E-state index contributed by atoms with van der Waals surface area (Å²) >= 11 is 0. The van der Waals surface area contributed by atoms with Gasteiger partial charge in [-0.2, -0.15) is 0 Å². The Morgan fingerprint density at radius 1 is 1.21 bits per heavy atom. The van der Waals surface area contributed by atoms with Crippen LogP contribution >= 0.6 is 0 Å². The van der Waals surface area contributed by atoms with Gasteiger partial charge in [-0.15, -0.1) is 0 Å². The van der Waals surface area contributed by atoms with Crippen LogP contribution in [0.1, 0.15) is 45.6 Å². The molecule has 0 amide bonds. The van der Waals surface area contributed by atoms with Gasteiger partial charge in [-0.25, -0.2) is 14.4 Å². The standard InChI is InChI=1S/C26H28FN5O2/c1-13(2)32-8-7-17-21(32)10-20(19-12-29-24-18(19)9-16(27)11-28-24)30-25(17)31-23-15-5-3-14(4-6-15)22(23)26(33)34/h7-15,22-23H,3-6H2,1-2H3,(H,28,29)(H,30,31)(H,33,34)/t14?,15?,22-,23-/m1/s1. The highest BCUT2D eigenvalue weighted by atomic mass is 19.1. The van der Waals surface area contributed by atoms with Gasteiger partial charge in [0.1, 0.15) is 17.3 Å². The van der Waals surface area contributed by atoms with Gasteiger partial charge < -0.3 is 20.0 Å². The summed E-state index contributed by atoms with van der Waals surface area (Å²) in [5.41, 5.74) is 3.07. The maximum atomic E-state index is 14.0. The van der Waals surface area contributed by atoms with Crippen LogP contribution in [-0.2, 0) is 4.79 Å². The number of aromatic nitrogens is 4. The van der Waals surface area contributed by atoms with E-state index < -0.39 is 17.7 Å². The summed E-state index contributed by atoms with van der Waals surface area (Å²) in [5, 5.41) is 15.3. The van der Waals surface area contributed by atoms with Crippen LogP contribution in [0.2, 0.25) is 0 Å². The predicted octanol–water partition coefficient (Wildman–Crippen LogP) is 5.60. The van der Waals surface area contributed by atoms with Crippen molar-refractivity contribution in [2.75, 3.05) is 5.32 Å². The Morgan fingerprint density at radius 2 is 1.97 bits per heavy atom. The monoisotopic (exact) mass is 461 g/mol. The lowest BCUT2D eigenvalue weighted by molar-refractivity contribution is -0.148. The number of aliphatic carboxylic acids is 1. The van der Waals surface area contributed by atoms with E-state index in [9.17, 15) is 14.3 Å². The van der Waals surface area contributed by atoms with E-state index in [0.29, 0.717) is 28.5 Å². The maximum absolute atomic E-state index is 14.0. The molecule has 0 saturated heterocycles. The van der Waals surface area contributed by atoms with Crippen molar-refractivity contribution < 1.29 is 14.3 Å². The first kappa shape index (κ1) is 21.1. The molecule has 0 radical (unpaired) electrons. The smallest absolute Gasteiger partial charge is 0.308 e. The molecule has 3 N–H and O–H groups in total. The Balaban J connectivity index is 1.51. The summed E-state index contributed by atoms with van der Waals surface area (Å²) in [6.07, 6.45) is 9.12. The van der Waals surface area contributed by atoms with Gasteiger partial charge in [-0.1, -0.05) is 0 Å². The van der Waals surface area contributed by atoms with Crippen LogP contribution < -0.4 is 5.32 Å². The lowest BCUT2D eigenvalue weighted by atomic mass is 9.61. The number of rotatable bonds is 5. The zero-order valence-corrected chi connectivity index (χ0v) is 19.3. The number of aromatic amines is 1. The molecular formula is C26H28FN5O2. The van der Waals surface area contributed by atoms with Crippen molar-refractivity contribution in [2.45, 2.75) is 51.6 Å². The van der Waals surface area contributed by atoms with Crippen molar-refractivity contribution in [3.05, 3.63) is 42.6 Å². The van der Waals surface area contributed by atoms with E-state index in [1.807, 2.05) is 18.3 Å². The van der Waals surface area contributed by atoms with Gasteiger partial charge in [0, 0.05) is 40.8 Å². The lowest BCUT2D eigenvalue weighted by Crippen LogP contribution is -2.51. The zero-order valence-electron chi connectivity index (χ0n) is 19.3. The number of carboxylic acid groups (broad SMARTS) is 1. The van der Waals surface area contributed by atoms with E-state index in [0.717, 1.165) is 42.1 Å². The molecule has 0 aliphatic heterocycles. The highest BCUT2D eigenvalue weighted by molar-refractivity contribution is 5.98. The number of nitrogens with zero attached hydrogens (tertiary/aromatic N) is 3. The molecule has 4 aromatic heterocycles. The molecule has 3 aliphatic rings. The second kappa shape index (κ2) is 7.82. The average molecular weight is 462 g/mol. The molecule has 8 heteroatoms. The molecule has 4 aromatic rings. The fourth-order valence-corrected chi connectivity index (χ4v) is 6.21. The van der Waals surface area contributed by atoms with E-state index in [1.165, 1.54) is 12.3 Å². The van der Waals surface area contributed by atoms with Crippen molar-refractivity contribution in [3.8, 4) is 11.3 Å². The third-order valence-corrected chi connectivity index (χ3v) is 7.85. The topological polar surface area (TPSA) is 95.8 Å². The molecular weight excluding hydrogens is 433 g/mol. The van der Waals surface area contributed by atoms with Gasteiger partial charge in [-0.05, 0) is 69.6 Å². The summed E-state index contributed by atoms with van der Waals surface area (Å²) in [7, 11) is 0. The number of pyridine rings is 2. The van der Waals surface area contributed by atoms with Gasteiger partial charge in [0.2, 0.25) is 0 Å². The molecule has 4 heterocycles. The first-order valence-corrected chi connectivity index (χ1v) is 12.0. The fourth-order valence-electron chi connectivity index (χ4n) is 6.21. The van der Waals surface area contributed by atoms with Crippen LogP contribution in [0.4, 0.5) is 10.2 Å². The van der Waals surface area contributed by atoms with Crippen LogP contribution in [-0.4, -0.2) is 36.6 Å². The Labute approximate surface area is 196 Å². The van der Waals surface area contributed by atoms with E-state index >= 15 is 0 Å². The highest BCUT2D eigenvalue weighted by Gasteiger charge is 2.47. The molecule has 7 nitrogen and oxygen atoms in total. The van der Waals surface area contributed by atoms with Crippen molar-refractivity contribution in [1.82, 2.24) is 19.5 Å². The van der Waals surface area contributed by atoms with Crippen LogP contribution in [0, 0.1) is 23.6 Å². The molecule has 0 spiro atoms. The zero-order chi connectivity index (χ0) is 23.6. The maximum Gasteiger partial charge on any atom is 0.308 e. The molecule has 176 valence electrons. The Morgan fingerprint density at radius 3 is 2.71 bits per heavy atom. The van der Waals surface area contributed by atoms with Crippen LogP contribution in [0.5, 0.6) is 0 Å². The third-order valence-electron chi connectivity index (χ3n) is 7.85. The number of fused-ring (bicyclic) bond motifs is 5. The molecule has 3 aliphatic carbocycles. The summed E-state index contributed by atoms with van der Waals surface area (Å²) in [6.45, 7) is 4.25. The summed E-state index contributed by atoms with van der Waals surface area (Å²) < 4.78 is 16.2. The number of H-pyrrole nitrogens is 1. The van der Waals surface area contributed by atoms with E-state index in [-0.39, 0.29) is 18.0 Å². The van der Waals surface area contributed by atoms with Crippen molar-refractivity contribution in [2.24, 2.45) is 17.8 Å². The number of carboxylic acids is 1. The van der Waals surface area contributed by atoms with Crippen molar-refractivity contribution in [1.29, 1.82) is 0 Å². The quantitative estimate of drug-likeness (QED) is 0.359. The minimum Gasteiger partial charge on any atom is -0.481 e.